The molecule has 20 heavy (non-hydrogen) atoms. The number of carbonyl (C=O) groups excluding carboxylic acids is 1. The topological polar surface area (TPSA) is 75.5 Å². The maximum atomic E-state index is 13.4. The summed E-state index contributed by atoms with van der Waals surface area (Å²) in [6, 6.07) is 3.05. The quantitative estimate of drug-likeness (QED) is 0.638. The van der Waals surface area contributed by atoms with E-state index in [2.05, 4.69) is 5.32 Å². The highest BCUT2D eigenvalue weighted by Crippen LogP contribution is 2.18. The van der Waals surface area contributed by atoms with Gasteiger partial charge in [0.2, 0.25) is 5.82 Å². The van der Waals surface area contributed by atoms with Gasteiger partial charge in [0.15, 0.2) is 0 Å². The monoisotopic (exact) mass is 283 g/mol. The van der Waals surface area contributed by atoms with Crippen LogP contribution in [0.4, 0.5) is 10.1 Å². The second-order valence-corrected chi connectivity index (χ2v) is 4.89. The number of amides is 1. The molecule has 0 aliphatic heterocycles. The molecule has 0 aliphatic rings. The summed E-state index contributed by atoms with van der Waals surface area (Å²) in [6.45, 7) is 2.67. The predicted octanol–water partition coefficient (Wildman–Crippen LogP) is 1.80. The van der Waals surface area contributed by atoms with Crippen molar-refractivity contribution in [3.8, 4) is 0 Å². The van der Waals surface area contributed by atoms with Crippen molar-refractivity contribution in [2.45, 2.75) is 19.4 Å². The molecule has 0 spiro atoms. The summed E-state index contributed by atoms with van der Waals surface area (Å²) in [7, 11) is 3.86. The van der Waals surface area contributed by atoms with Gasteiger partial charge in [-0.15, -0.1) is 0 Å². The van der Waals surface area contributed by atoms with Gasteiger partial charge >= 0.3 is 5.69 Å². The van der Waals surface area contributed by atoms with Crippen molar-refractivity contribution in [2.75, 3.05) is 20.6 Å². The zero-order valence-electron chi connectivity index (χ0n) is 11.7. The van der Waals surface area contributed by atoms with E-state index in [4.69, 9.17) is 0 Å². The third-order valence-electron chi connectivity index (χ3n) is 2.79. The maximum absolute atomic E-state index is 13.4. The van der Waals surface area contributed by atoms with Gasteiger partial charge in [0.05, 0.1) is 4.92 Å². The molecule has 0 heterocycles. The van der Waals surface area contributed by atoms with Crippen LogP contribution in [0.25, 0.3) is 0 Å². The number of rotatable bonds is 6. The van der Waals surface area contributed by atoms with E-state index in [9.17, 15) is 19.3 Å². The Morgan fingerprint density at radius 1 is 1.50 bits per heavy atom. The number of nitro groups is 1. The van der Waals surface area contributed by atoms with Crippen molar-refractivity contribution in [1.29, 1.82) is 0 Å². The van der Waals surface area contributed by atoms with E-state index in [0.717, 1.165) is 25.1 Å². The van der Waals surface area contributed by atoms with Gasteiger partial charge in [0, 0.05) is 17.7 Å². The average molecular weight is 283 g/mol. The fourth-order valence-electron chi connectivity index (χ4n) is 1.63. The lowest BCUT2D eigenvalue weighted by atomic mass is 10.1. The lowest BCUT2D eigenvalue weighted by Crippen LogP contribution is -2.34. The number of hydrogen-bond donors (Lipinski definition) is 1. The molecule has 6 nitrogen and oxygen atoms in total. The van der Waals surface area contributed by atoms with Crippen LogP contribution in [-0.4, -0.2) is 42.4 Å². The van der Waals surface area contributed by atoms with Crippen LogP contribution in [0.3, 0.4) is 0 Å². The Morgan fingerprint density at radius 2 is 2.15 bits per heavy atom. The van der Waals surface area contributed by atoms with Crippen LogP contribution in [0.1, 0.15) is 23.7 Å². The van der Waals surface area contributed by atoms with Crippen LogP contribution < -0.4 is 5.32 Å². The molecule has 7 heteroatoms. The Balaban J connectivity index is 2.68. The Labute approximate surface area is 116 Å². The van der Waals surface area contributed by atoms with Crippen molar-refractivity contribution < 1.29 is 14.1 Å². The molecule has 1 unspecified atom stereocenters. The molecule has 0 radical (unpaired) electrons. The molecular formula is C13H18FN3O3. The first kappa shape index (κ1) is 16.0. The highest BCUT2D eigenvalue weighted by Gasteiger charge is 2.17. The first-order valence-electron chi connectivity index (χ1n) is 6.20. The maximum Gasteiger partial charge on any atom is 0.304 e. The van der Waals surface area contributed by atoms with E-state index in [1.165, 1.54) is 6.07 Å². The summed E-state index contributed by atoms with van der Waals surface area (Å²) in [5.74, 6) is -1.45. The lowest BCUT2D eigenvalue weighted by molar-refractivity contribution is -0.387. The second kappa shape index (κ2) is 6.95. The minimum Gasteiger partial charge on any atom is -0.350 e. The van der Waals surface area contributed by atoms with E-state index in [1.54, 1.807) is 0 Å². The van der Waals surface area contributed by atoms with Crippen molar-refractivity contribution in [1.82, 2.24) is 10.2 Å². The molecule has 0 bridgehead atoms. The van der Waals surface area contributed by atoms with Crippen molar-refractivity contribution in [2.24, 2.45) is 0 Å². The number of carbonyl (C=O) groups is 1. The average Bonchev–Trinajstić information content (AvgIpc) is 2.35. The number of nitrogens with zero attached hydrogens (tertiary/aromatic N) is 2. The first-order valence-corrected chi connectivity index (χ1v) is 6.20. The summed E-state index contributed by atoms with van der Waals surface area (Å²) < 4.78 is 13.4. The molecular weight excluding hydrogens is 265 g/mol. The van der Waals surface area contributed by atoms with Gasteiger partial charge in [-0.1, -0.05) is 0 Å². The third-order valence-corrected chi connectivity index (χ3v) is 2.79. The Kier molecular flexibility index (Phi) is 5.57. The molecule has 1 amide bonds. The van der Waals surface area contributed by atoms with E-state index in [1.807, 2.05) is 25.9 Å². The highest BCUT2D eigenvalue weighted by molar-refractivity contribution is 5.94. The summed E-state index contributed by atoms with van der Waals surface area (Å²) >= 11 is 0. The number of benzene rings is 1. The number of hydrogen-bond acceptors (Lipinski definition) is 4. The smallest absolute Gasteiger partial charge is 0.304 e. The summed E-state index contributed by atoms with van der Waals surface area (Å²) in [5.41, 5.74) is -0.563. The second-order valence-electron chi connectivity index (χ2n) is 4.89. The van der Waals surface area contributed by atoms with Crippen LogP contribution in [0, 0.1) is 15.9 Å². The Morgan fingerprint density at radius 3 is 2.65 bits per heavy atom. The molecule has 1 rings (SSSR count). The van der Waals surface area contributed by atoms with E-state index < -0.39 is 22.3 Å². The van der Waals surface area contributed by atoms with E-state index in [0.29, 0.717) is 0 Å². The Bertz CT molecular complexity index is 506. The van der Waals surface area contributed by atoms with E-state index in [-0.39, 0.29) is 11.6 Å². The van der Waals surface area contributed by atoms with Crippen molar-refractivity contribution in [3.63, 3.8) is 0 Å². The fraction of sp³-hybridized carbons (Fsp3) is 0.462. The van der Waals surface area contributed by atoms with Crippen LogP contribution >= 0.6 is 0 Å². The van der Waals surface area contributed by atoms with Gasteiger partial charge in [0.25, 0.3) is 5.91 Å². The normalized spacial score (nSPS) is 12.2. The zero-order chi connectivity index (χ0) is 15.3. The molecule has 110 valence electrons. The van der Waals surface area contributed by atoms with Crippen molar-refractivity contribution in [3.05, 3.63) is 39.7 Å². The molecule has 0 aliphatic carbocycles. The van der Waals surface area contributed by atoms with Gasteiger partial charge in [-0.05, 0) is 46.1 Å². The van der Waals surface area contributed by atoms with Crippen molar-refractivity contribution >= 4 is 11.6 Å². The summed E-state index contributed by atoms with van der Waals surface area (Å²) in [4.78, 5) is 23.5. The molecule has 0 aromatic heterocycles. The van der Waals surface area contributed by atoms with Gasteiger partial charge < -0.3 is 10.2 Å². The summed E-state index contributed by atoms with van der Waals surface area (Å²) in [5, 5.41) is 13.2. The first-order chi connectivity index (χ1) is 9.31. The SMILES string of the molecule is CC(CCN(C)C)NC(=O)c1ccc([N+](=O)[O-])c(F)c1. The van der Waals surface area contributed by atoms with E-state index >= 15 is 0 Å². The molecule has 0 fully saturated rings. The Hall–Kier alpha value is -2.02. The van der Waals surface area contributed by atoms with Gasteiger partial charge in [-0.25, -0.2) is 0 Å². The number of nitrogens with one attached hydrogen (secondary N) is 1. The number of halogens is 1. The molecule has 1 N–H and O–H groups in total. The molecule has 1 aromatic carbocycles. The molecule has 0 saturated carbocycles. The van der Waals surface area contributed by atoms with Crippen LogP contribution in [-0.2, 0) is 0 Å². The zero-order valence-corrected chi connectivity index (χ0v) is 11.7. The van der Waals surface area contributed by atoms with Gasteiger partial charge in [-0.2, -0.15) is 4.39 Å². The number of nitro benzene ring substituents is 1. The molecule has 0 saturated heterocycles. The van der Waals surface area contributed by atoms with Gasteiger partial charge in [0.1, 0.15) is 0 Å². The van der Waals surface area contributed by atoms with Crippen LogP contribution in [0.15, 0.2) is 18.2 Å². The predicted molar refractivity (Wildman–Crippen MR) is 73.2 cm³/mol. The lowest BCUT2D eigenvalue weighted by Gasteiger charge is -2.16. The standard InChI is InChI=1S/C13H18FN3O3/c1-9(6-7-16(2)3)15-13(18)10-4-5-12(17(19)20)11(14)8-10/h4-5,8-9H,6-7H2,1-3H3,(H,15,18). The van der Waals surface area contributed by atoms with Gasteiger partial charge in [-0.3, -0.25) is 14.9 Å². The largest absolute Gasteiger partial charge is 0.350 e. The molecule has 1 aromatic rings. The van der Waals surface area contributed by atoms with Crippen LogP contribution in [0.5, 0.6) is 0 Å². The molecule has 1 atom stereocenters. The third kappa shape index (κ3) is 4.58. The summed E-state index contributed by atoms with van der Waals surface area (Å²) in [6.07, 6.45) is 0.758. The highest BCUT2D eigenvalue weighted by atomic mass is 19.1. The minimum absolute atomic E-state index is 0.0665. The fourth-order valence-corrected chi connectivity index (χ4v) is 1.63. The minimum atomic E-state index is -1.01. The van der Waals surface area contributed by atoms with Crippen LogP contribution in [0.2, 0.25) is 0 Å².